The van der Waals surface area contributed by atoms with Gasteiger partial charge >= 0.3 is 0 Å². The average molecular weight is 234 g/mol. The molecule has 4 heteroatoms. The van der Waals surface area contributed by atoms with E-state index in [4.69, 9.17) is 15.7 Å². The Morgan fingerprint density at radius 1 is 1.38 bits per heavy atom. The van der Waals surface area contributed by atoms with Crippen LogP contribution in [0.2, 0.25) is 0 Å². The lowest BCUT2D eigenvalue weighted by atomic mass is 10.2. The summed E-state index contributed by atoms with van der Waals surface area (Å²) in [5, 5.41) is 9.40. The molecule has 0 unspecified atom stereocenters. The molecular weight excluding hydrogens is 220 g/mol. The third-order valence-electron chi connectivity index (χ3n) is 2.60. The molecule has 0 aliphatic carbocycles. The van der Waals surface area contributed by atoms with E-state index < -0.39 is 0 Å². The number of nitrogens with two attached hydrogens (primary N) is 1. The molecule has 1 saturated heterocycles. The second-order valence-electron chi connectivity index (χ2n) is 3.79. The fourth-order valence-corrected chi connectivity index (χ4v) is 2.87. The van der Waals surface area contributed by atoms with Gasteiger partial charge in [0.2, 0.25) is 0 Å². The highest BCUT2D eigenvalue weighted by molar-refractivity contribution is 8.00. The number of nitriles is 1. The van der Waals surface area contributed by atoms with Crippen LogP contribution in [0, 0.1) is 11.3 Å². The summed E-state index contributed by atoms with van der Waals surface area (Å²) in [6, 6.07) is 7.57. The van der Waals surface area contributed by atoms with E-state index in [2.05, 4.69) is 6.07 Å². The van der Waals surface area contributed by atoms with Crippen molar-refractivity contribution in [2.24, 2.45) is 0 Å². The predicted octanol–water partition coefficient (Wildman–Crippen LogP) is 2.41. The van der Waals surface area contributed by atoms with Crippen molar-refractivity contribution in [2.75, 3.05) is 18.9 Å². The highest BCUT2D eigenvalue weighted by Gasteiger charge is 2.16. The first-order valence-corrected chi connectivity index (χ1v) is 6.21. The first-order valence-electron chi connectivity index (χ1n) is 5.33. The Morgan fingerprint density at radius 2 is 2.12 bits per heavy atom. The van der Waals surface area contributed by atoms with Crippen LogP contribution in [-0.4, -0.2) is 18.5 Å². The van der Waals surface area contributed by atoms with Crippen LogP contribution in [0.15, 0.2) is 23.1 Å². The molecule has 0 aromatic heterocycles. The van der Waals surface area contributed by atoms with Gasteiger partial charge in [0.15, 0.2) is 0 Å². The Balaban J connectivity index is 2.10. The van der Waals surface area contributed by atoms with Crippen LogP contribution in [0.25, 0.3) is 0 Å². The number of benzene rings is 1. The Hall–Kier alpha value is -1.18. The Bertz CT molecular complexity index is 408. The van der Waals surface area contributed by atoms with Gasteiger partial charge in [-0.25, -0.2) is 0 Å². The molecule has 2 rings (SSSR count). The van der Waals surface area contributed by atoms with E-state index >= 15 is 0 Å². The van der Waals surface area contributed by atoms with Crippen LogP contribution >= 0.6 is 11.8 Å². The van der Waals surface area contributed by atoms with Crippen LogP contribution in [0.1, 0.15) is 18.4 Å². The van der Waals surface area contributed by atoms with Crippen molar-refractivity contribution in [1.29, 1.82) is 5.26 Å². The van der Waals surface area contributed by atoms with Crippen LogP contribution in [0.3, 0.4) is 0 Å². The lowest BCUT2D eigenvalue weighted by Crippen LogP contribution is -2.17. The van der Waals surface area contributed by atoms with Crippen LogP contribution in [0.4, 0.5) is 5.69 Å². The van der Waals surface area contributed by atoms with Gasteiger partial charge in [-0.05, 0) is 31.0 Å². The molecule has 2 N–H and O–H groups in total. The predicted molar refractivity (Wildman–Crippen MR) is 65.3 cm³/mol. The van der Waals surface area contributed by atoms with Gasteiger partial charge in [0, 0.05) is 29.0 Å². The molecule has 1 aromatic rings. The number of hydrogen-bond acceptors (Lipinski definition) is 4. The Labute approximate surface area is 99.6 Å². The number of nitrogen functional groups attached to an aromatic ring is 1. The Kier molecular flexibility index (Phi) is 3.70. The zero-order chi connectivity index (χ0) is 11.4. The molecule has 1 aliphatic heterocycles. The summed E-state index contributed by atoms with van der Waals surface area (Å²) in [4.78, 5) is 1.02. The summed E-state index contributed by atoms with van der Waals surface area (Å²) >= 11 is 1.76. The summed E-state index contributed by atoms with van der Waals surface area (Å²) in [5.41, 5.74) is 7.33. The summed E-state index contributed by atoms with van der Waals surface area (Å²) in [6.07, 6.45) is 2.11. The molecule has 1 aromatic carbocycles. The number of thioether (sulfide) groups is 1. The molecule has 0 atom stereocenters. The summed E-state index contributed by atoms with van der Waals surface area (Å²) in [5.74, 6) is 0. The molecule has 1 aliphatic rings. The maximum absolute atomic E-state index is 8.84. The highest BCUT2D eigenvalue weighted by Crippen LogP contribution is 2.33. The number of nitrogens with zero attached hydrogens (tertiary/aromatic N) is 1. The number of anilines is 1. The van der Waals surface area contributed by atoms with E-state index in [1.807, 2.05) is 6.07 Å². The van der Waals surface area contributed by atoms with Crippen molar-refractivity contribution in [3.63, 3.8) is 0 Å². The maximum atomic E-state index is 8.84. The zero-order valence-corrected chi connectivity index (χ0v) is 9.80. The lowest BCUT2D eigenvalue weighted by Gasteiger charge is -2.22. The SMILES string of the molecule is N#Cc1ccc(N)c(SC2CCOCC2)c1. The molecule has 0 bridgehead atoms. The first-order chi connectivity index (χ1) is 7.79. The summed E-state index contributed by atoms with van der Waals surface area (Å²) in [7, 11) is 0. The average Bonchev–Trinajstić information content (AvgIpc) is 2.33. The number of hydrogen-bond donors (Lipinski definition) is 1. The van der Waals surface area contributed by atoms with Crippen LogP contribution in [0.5, 0.6) is 0 Å². The topological polar surface area (TPSA) is 59.0 Å². The van der Waals surface area contributed by atoms with Crippen molar-refractivity contribution >= 4 is 17.4 Å². The molecule has 0 amide bonds. The minimum atomic E-state index is 0.560. The second kappa shape index (κ2) is 5.24. The van der Waals surface area contributed by atoms with Gasteiger partial charge in [0.05, 0.1) is 11.6 Å². The third-order valence-corrected chi connectivity index (χ3v) is 4.02. The summed E-state index contributed by atoms with van der Waals surface area (Å²) < 4.78 is 5.32. The van der Waals surface area contributed by atoms with Crippen molar-refractivity contribution in [3.05, 3.63) is 23.8 Å². The smallest absolute Gasteiger partial charge is 0.0992 e. The van der Waals surface area contributed by atoms with Gasteiger partial charge in [0.1, 0.15) is 0 Å². The van der Waals surface area contributed by atoms with E-state index in [1.54, 1.807) is 23.9 Å². The highest BCUT2D eigenvalue weighted by atomic mass is 32.2. The molecule has 16 heavy (non-hydrogen) atoms. The summed E-state index contributed by atoms with van der Waals surface area (Å²) in [6.45, 7) is 1.66. The van der Waals surface area contributed by atoms with Crippen molar-refractivity contribution in [2.45, 2.75) is 23.0 Å². The Morgan fingerprint density at radius 3 is 2.81 bits per heavy atom. The van der Waals surface area contributed by atoms with E-state index in [9.17, 15) is 0 Å². The van der Waals surface area contributed by atoms with Crippen molar-refractivity contribution in [1.82, 2.24) is 0 Å². The normalized spacial score (nSPS) is 16.9. The van der Waals surface area contributed by atoms with Gasteiger partial charge in [0.25, 0.3) is 0 Å². The maximum Gasteiger partial charge on any atom is 0.0992 e. The minimum absolute atomic E-state index is 0.560. The van der Waals surface area contributed by atoms with Crippen molar-refractivity contribution < 1.29 is 4.74 Å². The zero-order valence-electron chi connectivity index (χ0n) is 8.98. The third kappa shape index (κ3) is 2.69. The van der Waals surface area contributed by atoms with E-state index in [0.717, 1.165) is 36.6 Å². The fraction of sp³-hybridized carbons (Fsp3) is 0.417. The van der Waals surface area contributed by atoms with Gasteiger partial charge in [-0.2, -0.15) is 5.26 Å². The lowest BCUT2D eigenvalue weighted by molar-refractivity contribution is 0.100. The van der Waals surface area contributed by atoms with Crippen LogP contribution < -0.4 is 5.73 Å². The van der Waals surface area contributed by atoms with Crippen molar-refractivity contribution in [3.8, 4) is 6.07 Å². The minimum Gasteiger partial charge on any atom is -0.398 e. The van der Waals surface area contributed by atoms with Gasteiger partial charge < -0.3 is 10.5 Å². The second-order valence-corrected chi connectivity index (χ2v) is 5.14. The number of rotatable bonds is 2. The molecule has 1 heterocycles. The van der Waals surface area contributed by atoms with E-state index in [-0.39, 0.29) is 0 Å². The van der Waals surface area contributed by atoms with Gasteiger partial charge in [-0.15, -0.1) is 11.8 Å². The first kappa shape index (κ1) is 11.3. The molecule has 3 nitrogen and oxygen atoms in total. The fourth-order valence-electron chi connectivity index (χ4n) is 1.68. The molecular formula is C12H14N2OS. The van der Waals surface area contributed by atoms with Gasteiger partial charge in [-0.3, -0.25) is 0 Å². The number of ether oxygens (including phenoxy) is 1. The monoisotopic (exact) mass is 234 g/mol. The van der Waals surface area contributed by atoms with E-state index in [1.165, 1.54) is 0 Å². The molecule has 0 spiro atoms. The molecule has 0 saturated carbocycles. The van der Waals surface area contributed by atoms with Crippen LogP contribution in [-0.2, 0) is 4.74 Å². The van der Waals surface area contributed by atoms with E-state index in [0.29, 0.717) is 10.8 Å². The molecule has 1 fully saturated rings. The quantitative estimate of drug-likeness (QED) is 0.798. The molecule has 84 valence electrons. The van der Waals surface area contributed by atoms with Gasteiger partial charge in [-0.1, -0.05) is 0 Å². The standard InChI is InChI=1S/C12H14N2OS/c13-8-9-1-2-11(14)12(7-9)16-10-3-5-15-6-4-10/h1-2,7,10H,3-6,14H2. The largest absolute Gasteiger partial charge is 0.398 e. The molecule has 0 radical (unpaired) electrons.